The number of fused-ring (bicyclic) bond motifs is 1. The number of carbonyl (C=O) groups excluding carboxylic acids is 1. The molecule has 0 saturated carbocycles. The quantitative estimate of drug-likeness (QED) is 0.681. The molecule has 1 aliphatic heterocycles. The molecule has 1 unspecified atom stereocenters. The summed E-state index contributed by atoms with van der Waals surface area (Å²) in [4.78, 5) is 12.9. The van der Waals surface area contributed by atoms with Crippen LogP contribution in [0.2, 0.25) is 0 Å². The van der Waals surface area contributed by atoms with Crippen LogP contribution in [0.3, 0.4) is 0 Å². The maximum Gasteiger partial charge on any atom is 0.270 e. The number of nitrogens with two attached hydrogens (primary N) is 1. The molecule has 0 aliphatic carbocycles. The minimum Gasteiger partial charge on any atom is -0.364 e. The van der Waals surface area contributed by atoms with E-state index in [1.165, 1.54) is 6.42 Å². The lowest BCUT2D eigenvalue weighted by Gasteiger charge is -2.10. The zero-order valence-corrected chi connectivity index (χ0v) is 15.9. The third-order valence-corrected chi connectivity index (χ3v) is 6.21. The number of amides is 1. The zero-order valence-electron chi connectivity index (χ0n) is 13.5. The number of benzene rings is 1. The van der Waals surface area contributed by atoms with Gasteiger partial charge in [0.2, 0.25) is 0 Å². The van der Waals surface area contributed by atoms with Gasteiger partial charge >= 0.3 is 0 Å². The van der Waals surface area contributed by atoms with Crippen LogP contribution in [0.15, 0.2) is 34.8 Å². The van der Waals surface area contributed by atoms with Gasteiger partial charge < -0.3 is 11.1 Å². The highest BCUT2D eigenvalue weighted by Crippen LogP contribution is 2.36. The summed E-state index contributed by atoms with van der Waals surface area (Å²) in [6, 6.07) is 10.7. The number of hydrogen-bond acceptors (Lipinski definition) is 5. The second-order valence-electron chi connectivity index (χ2n) is 6.22. The molecule has 25 heavy (non-hydrogen) atoms. The van der Waals surface area contributed by atoms with Crippen molar-refractivity contribution in [3.05, 3.63) is 46.2 Å². The predicted molar refractivity (Wildman–Crippen MR) is 104 cm³/mol. The molecule has 2 aromatic heterocycles. The van der Waals surface area contributed by atoms with E-state index in [4.69, 9.17) is 5.73 Å². The van der Waals surface area contributed by atoms with E-state index < -0.39 is 5.91 Å². The number of hydrogen-bond donors (Lipinski definition) is 2. The van der Waals surface area contributed by atoms with E-state index in [1.54, 1.807) is 11.3 Å². The minimum absolute atomic E-state index is 0.256. The van der Waals surface area contributed by atoms with E-state index in [0.29, 0.717) is 6.04 Å². The van der Waals surface area contributed by atoms with Gasteiger partial charge in [-0.2, -0.15) is 5.10 Å². The molecule has 3 N–H and O–H groups in total. The monoisotopic (exact) mass is 416 g/mol. The average Bonchev–Trinajstić information content (AvgIpc) is 3.25. The van der Waals surface area contributed by atoms with Gasteiger partial charge in [0.05, 0.1) is 10.4 Å². The van der Waals surface area contributed by atoms with Crippen LogP contribution in [0.4, 0.5) is 0 Å². The van der Waals surface area contributed by atoms with E-state index >= 15 is 0 Å². The molecule has 3 aromatic rings. The van der Waals surface area contributed by atoms with Crippen LogP contribution in [-0.4, -0.2) is 28.7 Å². The Kier molecular flexibility index (Phi) is 4.54. The number of thiophene rings is 1. The number of aromatic nitrogens is 2. The Hall–Kier alpha value is -1.83. The third-order valence-electron chi connectivity index (χ3n) is 4.49. The molecule has 3 heterocycles. The highest BCUT2D eigenvalue weighted by atomic mass is 79.9. The summed E-state index contributed by atoms with van der Waals surface area (Å²) in [5.74, 6) is -0.535. The van der Waals surface area contributed by atoms with Crippen molar-refractivity contribution in [1.29, 1.82) is 0 Å². The molecule has 1 amide bonds. The van der Waals surface area contributed by atoms with E-state index in [0.717, 1.165) is 50.1 Å². The van der Waals surface area contributed by atoms with Gasteiger partial charge in [0.1, 0.15) is 0 Å². The maximum absolute atomic E-state index is 11.8. The van der Waals surface area contributed by atoms with Gasteiger partial charge in [0, 0.05) is 27.2 Å². The van der Waals surface area contributed by atoms with E-state index in [9.17, 15) is 4.79 Å². The maximum atomic E-state index is 11.8. The minimum atomic E-state index is -0.535. The van der Waals surface area contributed by atoms with Gasteiger partial charge in [-0.05, 0) is 43.1 Å². The van der Waals surface area contributed by atoms with E-state index in [1.807, 2.05) is 12.1 Å². The summed E-state index contributed by atoms with van der Waals surface area (Å²) in [5.41, 5.74) is 7.80. The van der Waals surface area contributed by atoms with Crippen LogP contribution in [-0.2, 0) is 6.42 Å². The molecule has 0 bridgehead atoms. The number of halogens is 1. The summed E-state index contributed by atoms with van der Waals surface area (Å²) >= 11 is 5.00. The Labute approximate surface area is 157 Å². The van der Waals surface area contributed by atoms with Crippen LogP contribution in [0.5, 0.6) is 0 Å². The fourth-order valence-corrected chi connectivity index (χ4v) is 4.66. The highest BCUT2D eigenvalue weighted by Gasteiger charge is 2.21. The Morgan fingerprint density at radius 2 is 2.12 bits per heavy atom. The topological polar surface area (TPSA) is 80.9 Å². The summed E-state index contributed by atoms with van der Waals surface area (Å²) in [5, 5.41) is 12.9. The lowest BCUT2D eigenvalue weighted by Crippen LogP contribution is -2.24. The van der Waals surface area contributed by atoms with Crippen LogP contribution in [0.25, 0.3) is 20.5 Å². The first-order valence-corrected chi connectivity index (χ1v) is 9.81. The van der Waals surface area contributed by atoms with Crippen molar-refractivity contribution in [2.75, 3.05) is 6.54 Å². The Morgan fingerprint density at radius 3 is 2.80 bits per heavy atom. The average molecular weight is 417 g/mol. The molecule has 128 valence electrons. The standard InChI is InChI=1S/C18H17BrN4OS/c19-11-5-3-10(4-6-11)15-9-13-14(8-12-2-1-7-21-12)22-23-16(18(20)24)17(13)25-15/h3-6,9,12,21H,1-2,7-8H2,(H2,20,24). The molecule has 1 aromatic carbocycles. The number of nitrogens with one attached hydrogen (secondary N) is 1. The second-order valence-corrected chi connectivity index (χ2v) is 8.19. The molecule has 1 fully saturated rings. The van der Waals surface area contributed by atoms with Crippen molar-refractivity contribution in [2.45, 2.75) is 25.3 Å². The normalized spacial score (nSPS) is 17.2. The van der Waals surface area contributed by atoms with Gasteiger partial charge in [0.15, 0.2) is 5.69 Å². The molecule has 1 atom stereocenters. The fourth-order valence-electron chi connectivity index (χ4n) is 3.22. The highest BCUT2D eigenvalue weighted by molar-refractivity contribution is 9.10. The van der Waals surface area contributed by atoms with Crippen molar-refractivity contribution >= 4 is 43.3 Å². The van der Waals surface area contributed by atoms with Gasteiger partial charge in [0.25, 0.3) is 5.91 Å². The second kappa shape index (κ2) is 6.82. The number of carbonyl (C=O) groups is 1. The first-order valence-electron chi connectivity index (χ1n) is 8.20. The Balaban J connectivity index is 1.82. The van der Waals surface area contributed by atoms with E-state index in [-0.39, 0.29) is 5.69 Å². The third kappa shape index (κ3) is 3.31. The number of nitrogens with zero attached hydrogens (tertiary/aromatic N) is 2. The number of rotatable bonds is 4. The summed E-state index contributed by atoms with van der Waals surface area (Å²) in [6.07, 6.45) is 3.15. The van der Waals surface area contributed by atoms with Gasteiger partial charge in [-0.3, -0.25) is 4.79 Å². The lowest BCUT2D eigenvalue weighted by molar-refractivity contribution is 0.0996. The number of primary amides is 1. The largest absolute Gasteiger partial charge is 0.364 e. The molecular formula is C18H17BrN4OS. The first kappa shape index (κ1) is 16.6. The van der Waals surface area contributed by atoms with Crippen molar-refractivity contribution in [3.8, 4) is 10.4 Å². The molecule has 0 spiro atoms. The summed E-state index contributed by atoms with van der Waals surface area (Å²) in [7, 11) is 0. The van der Waals surface area contributed by atoms with Gasteiger partial charge in [-0.15, -0.1) is 16.4 Å². The smallest absolute Gasteiger partial charge is 0.270 e. The van der Waals surface area contributed by atoms with Crippen LogP contribution < -0.4 is 11.1 Å². The Bertz CT molecular complexity index is 932. The molecule has 4 rings (SSSR count). The molecule has 0 radical (unpaired) electrons. The lowest BCUT2D eigenvalue weighted by atomic mass is 10.1. The SMILES string of the molecule is NC(=O)c1nnc(CC2CCCN2)c2cc(-c3ccc(Br)cc3)sc12. The first-order chi connectivity index (χ1) is 12.1. The predicted octanol–water partition coefficient (Wildman–Crippen LogP) is 3.51. The molecule has 7 heteroatoms. The zero-order chi connectivity index (χ0) is 17.4. The van der Waals surface area contributed by atoms with Crippen LogP contribution in [0, 0.1) is 0 Å². The van der Waals surface area contributed by atoms with Crippen molar-refractivity contribution in [3.63, 3.8) is 0 Å². The molecule has 1 saturated heterocycles. The Morgan fingerprint density at radius 1 is 1.32 bits per heavy atom. The van der Waals surface area contributed by atoms with Gasteiger partial charge in [-0.1, -0.05) is 28.1 Å². The van der Waals surface area contributed by atoms with Crippen molar-refractivity contribution < 1.29 is 4.79 Å². The summed E-state index contributed by atoms with van der Waals surface area (Å²) in [6.45, 7) is 1.05. The van der Waals surface area contributed by atoms with Crippen molar-refractivity contribution in [1.82, 2.24) is 15.5 Å². The van der Waals surface area contributed by atoms with Crippen molar-refractivity contribution in [2.24, 2.45) is 5.73 Å². The van der Waals surface area contributed by atoms with E-state index in [2.05, 4.69) is 49.6 Å². The fraction of sp³-hybridized carbons (Fsp3) is 0.278. The van der Waals surface area contributed by atoms with Gasteiger partial charge in [-0.25, -0.2) is 0 Å². The molecule has 5 nitrogen and oxygen atoms in total. The summed E-state index contributed by atoms with van der Waals surface area (Å²) < 4.78 is 1.86. The molecular weight excluding hydrogens is 400 g/mol. The molecule has 1 aliphatic rings. The van der Waals surface area contributed by atoms with Crippen LogP contribution in [0.1, 0.15) is 29.0 Å². The van der Waals surface area contributed by atoms with Crippen LogP contribution >= 0.6 is 27.3 Å².